The summed E-state index contributed by atoms with van der Waals surface area (Å²) >= 11 is 5.54. The number of rotatable bonds is 3. The van der Waals surface area contributed by atoms with Crippen LogP contribution < -0.4 is 10.6 Å². The first-order chi connectivity index (χ1) is 9.58. The van der Waals surface area contributed by atoms with E-state index in [1.165, 1.54) is 12.1 Å². The van der Waals surface area contributed by atoms with E-state index in [0.29, 0.717) is 13.1 Å². The number of nitrogens with one attached hydrogen (secondary N) is 2. The lowest BCUT2D eigenvalue weighted by atomic mass is 10.2. The Morgan fingerprint density at radius 3 is 2.70 bits per heavy atom. The van der Waals surface area contributed by atoms with Gasteiger partial charge < -0.3 is 15.5 Å². The highest BCUT2D eigenvalue weighted by atomic mass is 35.5. The monoisotopic (exact) mass is 299 g/mol. The highest BCUT2D eigenvalue weighted by Gasteiger charge is 2.17. The molecule has 2 amide bonds. The Bertz CT molecular complexity index is 518. The van der Waals surface area contributed by atoms with Crippen molar-refractivity contribution in [1.29, 1.82) is 0 Å². The van der Waals surface area contributed by atoms with Crippen molar-refractivity contribution in [2.45, 2.75) is 0 Å². The van der Waals surface area contributed by atoms with Gasteiger partial charge in [0.25, 0.3) is 5.91 Å². The lowest BCUT2D eigenvalue weighted by Crippen LogP contribution is -2.49. The summed E-state index contributed by atoms with van der Waals surface area (Å²) in [4.78, 5) is 25.3. The number of hydrogen-bond acceptors (Lipinski definition) is 3. The van der Waals surface area contributed by atoms with Gasteiger partial charge in [-0.05, 0) is 18.2 Å². The Labute approximate surface area is 121 Å². The van der Waals surface area contributed by atoms with Crippen LogP contribution in [0, 0.1) is 5.82 Å². The second kappa shape index (κ2) is 6.67. The van der Waals surface area contributed by atoms with E-state index in [-0.39, 0.29) is 23.0 Å². The molecule has 1 fully saturated rings. The molecular formula is C13H15ClFN3O2. The van der Waals surface area contributed by atoms with Crippen LogP contribution in [0.15, 0.2) is 18.2 Å². The topological polar surface area (TPSA) is 61.4 Å². The first-order valence-electron chi connectivity index (χ1n) is 6.29. The van der Waals surface area contributed by atoms with Crippen molar-refractivity contribution in [3.05, 3.63) is 34.6 Å². The number of piperazine rings is 1. The summed E-state index contributed by atoms with van der Waals surface area (Å²) in [5.41, 5.74) is 0.139. The van der Waals surface area contributed by atoms with Gasteiger partial charge in [0.05, 0.1) is 11.6 Å². The van der Waals surface area contributed by atoms with Gasteiger partial charge in [0.2, 0.25) is 5.91 Å². The molecule has 2 rings (SSSR count). The minimum absolute atomic E-state index is 0.0431. The van der Waals surface area contributed by atoms with Crippen molar-refractivity contribution >= 4 is 23.4 Å². The SMILES string of the molecule is O=C(NCC(=O)N1CCNCC1)c1ccc(Cl)c(F)c1. The molecular weight excluding hydrogens is 285 g/mol. The molecule has 1 aliphatic rings. The highest BCUT2D eigenvalue weighted by Crippen LogP contribution is 2.15. The minimum atomic E-state index is -0.659. The molecule has 0 atom stereocenters. The van der Waals surface area contributed by atoms with E-state index < -0.39 is 11.7 Å². The average molecular weight is 300 g/mol. The van der Waals surface area contributed by atoms with Crippen molar-refractivity contribution in [3.63, 3.8) is 0 Å². The summed E-state index contributed by atoms with van der Waals surface area (Å²) < 4.78 is 13.2. The quantitative estimate of drug-likeness (QED) is 0.861. The molecule has 2 N–H and O–H groups in total. The normalized spacial score (nSPS) is 15.0. The van der Waals surface area contributed by atoms with Crippen LogP contribution in [0.2, 0.25) is 5.02 Å². The third kappa shape index (κ3) is 3.68. The van der Waals surface area contributed by atoms with Crippen LogP contribution in [0.4, 0.5) is 4.39 Å². The smallest absolute Gasteiger partial charge is 0.251 e. The zero-order chi connectivity index (χ0) is 14.5. The summed E-state index contributed by atoms with van der Waals surface area (Å²) in [7, 11) is 0. The molecule has 0 spiro atoms. The van der Waals surface area contributed by atoms with Crippen LogP contribution in [-0.4, -0.2) is 49.4 Å². The Morgan fingerprint density at radius 1 is 1.35 bits per heavy atom. The summed E-state index contributed by atoms with van der Waals surface area (Å²) in [5.74, 6) is -1.30. The number of amides is 2. The minimum Gasteiger partial charge on any atom is -0.343 e. The fourth-order valence-corrected chi connectivity index (χ4v) is 2.04. The van der Waals surface area contributed by atoms with Crippen LogP contribution in [0.3, 0.4) is 0 Å². The molecule has 0 unspecified atom stereocenters. The summed E-state index contributed by atoms with van der Waals surface area (Å²) in [5, 5.41) is 5.58. The van der Waals surface area contributed by atoms with Crippen LogP contribution in [0.1, 0.15) is 10.4 Å². The van der Waals surface area contributed by atoms with Gasteiger partial charge in [-0.1, -0.05) is 11.6 Å². The van der Waals surface area contributed by atoms with E-state index in [1.54, 1.807) is 4.90 Å². The van der Waals surface area contributed by atoms with Crippen LogP contribution in [-0.2, 0) is 4.79 Å². The lowest BCUT2D eigenvalue weighted by molar-refractivity contribution is -0.130. The first kappa shape index (κ1) is 14.7. The average Bonchev–Trinajstić information content (AvgIpc) is 2.48. The molecule has 0 aliphatic carbocycles. The summed E-state index contributed by atoms with van der Waals surface area (Å²) in [6.45, 7) is 2.67. The number of hydrogen-bond donors (Lipinski definition) is 2. The molecule has 108 valence electrons. The largest absolute Gasteiger partial charge is 0.343 e. The maximum Gasteiger partial charge on any atom is 0.251 e. The molecule has 7 heteroatoms. The van der Waals surface area contributed by atoms with Crippen LogP contribution in [0.5, 0.6) is 0 Å². The second-order valence-electron chi connectivity index (χ2n) is 4.44. The van der Waals surface area contributed by atoms with Crippen molar-refractivity contribution in [2.75, 3.05) is 32.7 Å². The molecule has 1 heterocycles. The van der Waals surface area contributed by atoms with Crippen molar-refractivity contribution in [2.24, 2.45) is 0 Å². The van der Waals surface area contributed by atoms with Crippen LogP contribution >= 0.6 is 11.6 Å². The fourth-order valence-electron chi connectivity index (χ4n) is 1.92. The van der Waals surface area contributed by atoms with Crippen LogP contribution in [0.25, 0.3) is 0 Å². The number of nitrogens with zero attached hydrogens (tertiary/aromatic N) is 1. The third-order valence-electron chi connectivity index (χ3n) is 3.05. The van der Waals surface area contributed by atoms with E-state index in [0.717, 1.165) is 19.2 Å². The summed E-state index contributed by atoms with van der Waals surface area (Å²) in [6.07, 6.45) is 0. The van der Waals surface area contributed by atoms with E-state index in [9.17, 15) is 14.0 Å². The van der Waals surface area contributed by atoms with Crippen molar-refractivity contribution in [3.8, 4) is 0 Å². The zero-order valence-electron chi connectivity index (χ0n) is 10.8. The fraction of sp³-hybridized carbons (Fsp3) is 0.385. The van der Waals surface area contributed by atoms with Gasteiger partial charge in [-0.25, -0.2) is 4.39 Å². The molecule has 0 aromatic heterocycles. The van der Waals surface area contributed by atoms with Gasteiger partial charge in [0.1, 0.15) is 5.82 Å². The number of carbonyl (C=O) groups excluding carboxylic acids is 2. The molecule has 0 saturated carbocycles. The van der Waals surface area contributed by atoms with Crippen molar-refractivity contribution in [1.82, 2.24) is 15.5 Å². The molecule has 1 saturated heterocycles. The molecule has 5 nitrogen and oxygen atoms in total. The molecule has 1 aromatic rings. The maximum atomic E-state index is 13.2. The first-order valence-corrected chi connectivity index (χ1v) is 6.67. The highest BCUT2D eigenvalue weighted by molar-refractivity contribution is 6.30. The van der Waals surface area contributed by atoms with Gasteiger partial charge >= 0.3 is 0 Å². The van der Waals surface area contributed by atoms with Crippen molar-refractivity contribution < 1.29 is 14.0 Å². The van der Waals surface area contributed by atoms with Gasteiger partial charge in [-0.15, -0.1) is 0 Å². The Kier molecular flexibility index (Phi) is 4.92. The zero-order valence-corrected chi connectivity index (χ0v) is 11.5. The maximum absolute atomic E-state index is 13.2. The van der Waals surface area contributed by atoms with E-state index in [4.69, 9.17) is 11.6 Å². The second-order valence-corrected chi connectivity index (χ2v) is 4.85. The predicted molar refractivity (Wildman–Crippen MR) is 73.2 cm³/mol. The van der Waals surface area contributed by atoms with Gasteiger partial charge in [-0.3, -0.25) is 9.59 Å². The van der Waals surface area contributed by atoms with Gasteiger partial charge in [0, 0.05) is 31.7 Å². The van der Waals surface area contributed by atoms with Gasteiger partial charge in [0.15, 0.2) is 0 Å². The lowest BCUT2D eigenvalue weighted by Gasteiger charge is -2.27. The van der Waals surface area contributed by atoms with E-state index in [1.807, 2.05) is 0 Å². The number of carbonyl (C=O) groups is 2. The number of halogens is 2. The molecule has 0 bridgehead atoms. The Hall–Kier alpha value is -1.66. The number of benzene rings is 1. The molecule has 1 aromatic carbocycles. The Morgan fingerprint density at radius 2 is 2.05 bits per heavy atom. The molecule has 1 aliphatic heterocycles. The molecule has 0 radical (unpaired) electrons. The summed E-state index contributed by atoms with van der Waals surface area (Å²) in [6, 6.07) is 3.77. The Balaban J connectivity index is 1.88. The standard InChI is InChI=1S/C13H15ClFN3O2/c14-10-2-1-9(7-11(10)15)13(20)17-8-12(19)18-5-3-16-4-6-18/h1-2,7,16H,3-6,8H2,(H,17,20). The molecule has 20 heavy (non-hydrogen) atoms. The third-order valence-corrected chi connectivity index (χ3v) is 3.36. The van der Waals surface area contributed by atoms with Gasteiger partial charge in [-0.2, -0.15) is 0 Å². The van der Waals surface area contributed by atoms with E-state index in [2.05, 4.69) is 10.6 Å². The predicted octanol–water partition coefficient (Wildman–Crippen LogP) is 0.641. The van der Waals surface area contributed by atoms with E-state index >= 15 is 0 Å².